The van der Waals surface area contributed by atoms with E-state index < -0.39 is 0 Å². The van der Waals surface area contributed by atoms with Crippen LogP contribution in [0.3, 0.4) is 0 Å². The summed E-state index contributed by atoms with van der Waals surface area (Å²) >= 11 is 0. The van der Waals surface area contributed by atoms with E-state index in [0.29, 0.717) is 12.0 Å². The first-order valence-corrected chi connectivity index (χ1v) is 4.52. The van der Waals surface area contributed by atoms with Gasteiger partial charge in [-0.1, -0.05) is 32.0 Å². The van der Waals surface area contributed by atoms with Crippen molar-refractivity contribution in [2.75, 3.05) is 0 Å². The maximum atomic E-state index is 5.77. The lowest BCUT2D eigenvalue weighted by Gasteiger charge is -2.13. The predicted molar refractivity (Wildman–Crippen MR) is 49.4 cm³/mol. The number of ether oxygens (including phenoxy) is 1. The first kappa shape index (κ1) is 7.66. The quantitative estimate of drug-likeness (QED) is 0.616. The first-order chi connectivity index (χ1) is 5.77. The maximum absolute atomic E-state index is 5.77. The fourth-order valence-electron chi connectivity index (χ4n) is 1.58. The summed E-state index contributed by atoms with van der Waals surface area (Å²) in [6, 6.07) is 8.31. The Morgan fingerprint density at radius 1 is 1.33 bits per heavy atom. The molecule has 1 aliphatic rings. The van der Waals surface area contributed by atoms with Crippen LogP contribution in [-0.4, -0.2) is 6.10 Å². The lowest BCUT2D eigenvalue weighted by atomic mass is 10.0. The topological polar surface area (TPSA) is 9.23 Å². The molecule has 0 aromatic heterocycles. The molecule has 64 valence electrons. The molecule has 0 radical (unpaired) electrons. The van der Waals surface area contributed by atoms with Crippen molar-refractivity contribution in [3.8, 4) is 5.75 Å². The van der Waals surface area contributed by atoms with Gasteiger partial charge in [0.25, 0.3) is 0 Å². The molecule has 0 aliphatic carbocycles. The van der Waals surface area contributed by atoms with E-state index >= 15 is 0 Å². The van der Waals surface area contributed by atoms with Crippen LogP contribution in [0.25, 0.3) is 0 Å². The van der Waals surface area contributed by atoms with Crippen molar-refractivity contribution < 1.29 is 4.74 Å². The van der Waals surface area contributed by atoms with Crippen LogP contribution in [0.2, 0.25) is 0 Å². The third-order valence-electron chi connectivity index (χ3n) is 2.42. The molecular formula is C11H14O. The van der Waals surface area contributed by atoms with Crippen LogP contribution < -0.4 is 4.74 Å². The molecule has 1 nitrogen and oxygen atoms in total. The van der Waals surface area contributed by atoms with Crippen LogP contribution in [0.1, 0.15) is 19.4 Å². The summed E-state index contributed by atoms with van der Waals surface area (Å²) in [5.74, 6) is 1.69. The summed E-state index contributed by atoms with van der Waals surface area (Å²) in [5, 5.41) is 0. The molecule has 1 aliphatic heterocycles. The minimum Gasteiger partial charge on any atom is -0.490 e. The van der Waals surface area contributed by atoms with Gasteiger partial charge in [-0.25, -0.2) is 0 Å². The van der Waals surface area contributed by atoms with E-state index in [9.17, 15) is 0 Å². The Kier molecular flexibility index (Phi) is 1.80. The molecule has 1 heteroatoms. The molecule has 0 bridgehead atoms. The molecule has 2 rings (SSSR count). The second kappa shape index (κ2) is 2.81. The second-order valence-corrected chi connectivity index (χ2v) is 3.71. The highest BCUT2D eigenvalue weighted by Gasteiger charge is 2.24. The second-order valence-electron chi connectivity index (χ2n) is 3.71. The average Bonchev–Trinajstić information content (AvgIpc) is 2.46. The zero-order valence-electron chi connectivity index (χ0n) is 7.58. The number of hydrogen-bond donors (Lipinski definition) is 0. The molecule has 0 amide bonds. The number of fused-ring (bicyclic) bond motifs is 1. The molecule has 0 saturated carbocycles. The molecule has 1 aromatic carbocycles. The van der Waals surface area contributed by atoms with Crippen LogP contribution in [0.15, 0.2) is 24.3 Å². The first-order valence-electron chi connectivity index (χ1n) is 4.52. The molecule has 0 fully saturated rings. The smallest absolute Gasteiger partial charge is 0.123 e. The highest BCUT2D eigenvalue weighted by molar-refractivity contribution is 5.37. The zero-order chi connectivity index (χ0) is 8.55. The van der Waals surface area contributed by atoms with E-state index in [2.05, 4.69) is 32.0 Å². The number of rotatable bonds is 1. The molecule has 0 unspecified atom stereocenters. The van der Waals surface area contributed by atoms with Crippen LogP contribution in [0.5, 0.6) is 5.75 Å². The van der Waals surface area contributed by atoms with Crippen molar-refractivity contribution in [1.82, 2.24) is 0 Å². The molecule has 0 spiro atoms. The van der Waals surface area contributed by atoms with Gasteiger partial charge in [0.1, 0.15) is 11.9 Å². The van der Waals surface area contributed by atoms with Gasteiger partial charge in [-0.3, -0.25) is 0 Å². The number of para-hydroxylation sites is 1. The molecule has 12 heavy (non-hydrogen) atoms. The largest absolute Gasteiger partial charge is 0.490 e. The van der Waals surface area contributed by atoms with Crippen molar-refractivity contribution >= 4 is 0 Å². The van der Waals surface area contributed by atoms with Crippen molar-refractivity contribution in [2.24, 2.45) is 5.92 Å². The Hall–Kier alpha value is -0.980. The van der Waals surface area contributed by atoms with Gasteiger partial charge in [-0.15, -0.1) is 0 Å². The summed E-state index contributed by atoms with van der Waals surface area (Å²) in [5.41, 5.74) is 1.36. The Morgan fingerprint density at radius 3 is 2.75 bits per heavy atom. The Morgan fingerprint density at radius 2 is 2.08 bits per heavy atom. The third-order valence-corrected chi connectivity index (χ3v) is 2.42. The summed E-state index contributed by atoms with van der Waals surface area (Å²) in [6.07, 6.45) is 1.47. The van der Waals surface area contributed by atoms with Gasteiger partial charge >= 0.3 is 0 Å². The molecule has 1 atom stereocenters. The fourth-order valence-corrected chi connectivity index (χ4v) is 1.58. The predicted octanol–water partition coefficient (Wildman–Crippen LogP) is 2.65. The van der Waals surface area contributed by atoms with Crippen molar-refractivity contribution in [3.05, 3.63) is 29.8 Å². The molecule has 0 N–H and O–H groups in total. The SMILES string of the molecule is CC(C)[C@@H]1Cc2ccccc2O1. The van der Waals surface area contributed by atoms with Crippen LogP contribution in [0.4, 0.5) is 0 Å². The van der Waals surface area contributed by atoms with Crippen molar-refractivity contribution in [3.63, 3.8) is 0 Å². The zero-order valence-corrected chi connectivity index (χ0v) is 7.58. The Bertz CT molecular complexity index is 253. The lowest BCUT2D eigenvalue weighted by molar-refractivity contribution is 0.179. The lowest BCUT2D eigenvalue weighted by Crippen LogP contribution is -2.19. The fraction of sp³-hybridized carbons (Fsp3) is 0.455. The third kappa shape index (κ3) is 1.20. The summed E-state index contributed by atoms with van der Waals surface area (Å²) in [4.78, 5) is 0. The molecule has 0 saturated heterocycles. The maximum Gasteiger partial charge on any atom is 0.123 e. The van der Waals surface area contributed by atoms with Crippen LogP contribution in [-0.2, 0) is 6.42 Å². The molecule has 1 heterocycles. The van der Waals surface area contributed by atoms with E-state index in [1.165, 1.54) is 5.56 Å². The summed E-state index contributed by atoms with van der Waals surface area (Å²) in [7, 11) is 0. The van der Waals surface area contributed by atoms with Crippen molar-refractivity contribution in [1.29, 1.82) is 0 Å². The number of benzene rings is 1. The van der Waals surface area contributed by atoms with Gasteiger partial charge in [0.15, 0.2) is 0 Å². The van der Waals surface area contributed by atoms with Gasteiger partial charge in [0, 0.05) is 6.42 Å². The van der Waals surface area contributed by atoms with E-state index in [4.69, 9.17) is 4.74 Å². The molecular weight excluding hydrogens is 148 g/mol. The van der Waals surface area contributed by atoms with E-state index in [1.807, 2.05) is 6.07 Å². The van der Waals surface area contributed by atoms with Gasteiger partial charge in [-0.2, -0.15) is 0 Å². The minimum absolute atomic E-state index is 0.391. The van der Waals surface area contributed by atoms with E-state index in [1.54, 1.807) is 0 Å². The summed E-state index contributed by atoms with van der Waals surface area (Å²) in [6.45, 7) is 4.41. The van der Waals surface area contributed by atoms with Gasteiger partial charge in [0.2, 0.25) is 0 Å². The van der Waals surface area contributed by atoms with Gasteiger partial charge < -0.3 is 4.74 Å². The monoisotopic (exact) mass is 162 g/mol. The van der Waals surface area contributed by atoms with Crippen LogP contribution in [0, 0.1) is 5.92 Å². The average molecular weight is 162 g/mol. The van der Waals surface area contributed by atoms with Gasteiger partial charge in [-0.05, 0) is 17.5 Å². The molecule has 1 aromatic rings. The Balaban J connectivity index is 2.22. The standard InChI is InChI=1S/C11H14O/c1-8(2)11-7-9-5-3-4-6-10(9)12-11/h3-6,8,11H,7H2,1-2H3/t11-/m0/s1. The normalized spacial score (nSPS) is 20.8. The highest BCUT2D eigenvalue weighted by atomic mass is 16.5. The van der Waals surface area contributed by atoms with Crippen molar-refractivity contribution in [2.45, 2.75) is 26.4 Å². The summed E-state index contributed by atoms with van der Waals surface area (Å²) < 4.78 is 5.77. The van der Waals surface area contributed by atoms with Crippen LogP contribution >= 0.6 is 0 Å². The number of hydrogen-bond acceptors (Lipinski definition) is 1. The van der Waals surface area contributed by atoms with E-state index in [0.717, 1.165) is 12.2 Å². The van der Waals surface area contributed by atoms with Gasteiger partial charge in [0.05, 0.1) is 0 Å². The van der Waals surface area contributed by atoms with E-state index in [-0.39, 0.29) is 0 Å². The highest BCUT2D eigenvalue weighted by Crippen LogP contribution is 2.30. The minimum atomic E-state index is 0.391. The Labute approximate surface area is 73.4 Å².